The number of amides is 1. The summed E-state index contributed by atoms with van der Waals surface area (Å²) in [5.74, 6) is -1.28. The molecule has 0 fully saturated rings. The van der Waals surface area contributed by atoms with E-state index in [9.17, 15) is 19.5 Å². The number of carbonyl (C=O) groups is 2. The standard InChI is InChI=1S/C25H20N2O5/c28-15-26-17-11-9-16(10-12-17)13-23(24(29)30)27-25(31)32-14-22-20-7-3-1-5-18(20)19-6-2-4-8-21(19)22/h1-12,22-23H,13-14H2,(H,27,31)(H,29,30). The molecule has 0 heterocycles. The number of aliphatic carboxylic acids is 1. The van der Waals surface area contributed by atoms with Gasteiger partial charge in [-0.2, -0.15) is 4.99 Å². The van der Waals surface area contributed by atoms with Crippen LogP contribution in [0.5, 0.6) is 0 Å². The lowest BCUT2D eigenvalue weighted by molar-refractivity contribution is -0.139. The van der Waals surface area contributed by atoms with Gasteiger partial charge in [0.1, 0.15) is 12.6 Å². The predicted octanol–water partition coefficient (Wildman–Crippen LogP) is 4.19. The number of fused-ring (bicyclic) bond motifs is 3. The maximum absolute atomic E-state index is 12.4. The zero-order chi connectivity index (χ0) is 22.5. The van der Waals surface area contributed by atoms with Crippen molar-refractivity contribution in [2.45, 2.75) is 18.4 Å². The molecule has 0 aliphatic heterocycles. The van der Waals surface area contributed by atoms with E-state index in [1.54, 1.807) is 24.3 Å². The summed E-state index contributed by atoms with van der Waals surface area (Å²) in [4.78, 5) is 37.9. The van der Waals surface area contributed by atoms with Gasteiger partial charge in [0.2, 0.25) is 6.08 Å². The molecule has 160 valence electrons. The van der Waals surface area contributed by atoms with Crippen LogP contribution in [-0.2, 0) is 20.7 Å². The highest BCUT2D eigenvalue weighted by atomic mass is 16.5. The number of ether oxygens (including phenoxy) is 1. The average Bonchev–Trinajstić information content (AvgIpc) is 3.12. The zero-order valence-corrected chi connectivity index (χ0v) is 17.0. The Hall–Kier alpha value is -4.22. The molecule has 0 saturated heterocycles. The molecular formula is C25H20N2O5. The molecule has 3 aromatic carbocycles. The summed E-state index contributed by atoms with van der Waals surface area (Å²) >= 11 is 0. The molecule has 7 nitrogen and oxygen atoms in total. The van der Waals surface area contributed by atoms with Gasteiger partial charge in [0.15, 0.2) is 0 Å². The highest BCUT2D eigenvalue weighted by Crippen LogP contribution is 2.44. The first-order valence-electron chi connectivity index (χ1n) is 10.1. The molecule has 1 atom stereocenters. The summed E-state index contributed by atoms with van der Waals surface area (Å²) in [5, 5.41) is 12.0. The molecule has 2 N–H and O–H groups in total. The molecule has 7 heteroatoms. The van der Waals surface area contributed by atoms with Crippen molar-refractivity contribution in [3.63, 3.8) is 0 Å². The smallest absolute Gasteiger partial charge is 0.407 e. The van der Waals surface area contributed by atoms with Crippen molar-refractivity contribution in [2.24, 2.45) is 4.99 Å². The van der Waals surface area contributed by atoms with Gasteiger partial charge >= 0.3 is 12.1 Å². The van der Waals surface area contributed by atoms with E-state index < -0.39 is 18.1 Å². The van der Waals surface area contributed by atoms with E-state index in [1.807, 2.05) is 48.5 Å². The maximum Gasteiger partial charge on any atom is 0.407 e. The number of hydrogen-bond acceptors (Lipinski definition) is 5. The lowest BCUT2D eigenvalue weighted by Crippen LogP contribution is -2.42. The van der Waals surface area contributed by atoms with Crippen LogP contribution in [0.2, 0.25) is 0 Å². The minimum absolute atomic E-state index is 0.0601. The van der Waals surface area contributed by atoms with Crippen LogP contribution in [0.15, 0.2) is 77.8 Å². The molecule has 3 aromatic rings. The first-order valence-corrected chi connectivity index (χ1v) is 10.1. The second-order valence-corrected chi connectivity index (χ2v) is 7.43. The van der Waals surface area contributed by atoms with Crippen LogP contribution < -0.4 is 5.32 Å². The van der Waals surface area contributed by atoms with E-state index >= 15 is 0 Å². The molecule has 1 aliphatic rings. The van der Waals surface area contributed by atoms with E-state index in [2.05, 4.69) is 10.3 Å². The van der Waals surface area contributed by atoms with Crippen molar-refractivity contribution < 1.29 is 24.2 Å². The normalized spacial score (nSPS) is 12.8. The van der Waals surface area contributed by atoms with E-state index in [4.69, 9.17) is 4.74 Å². The zero-order valence-electron chi connectivity index (χ0n) is 17.0. The minimum Gasteiger partial charge on any atom is -0.480 e. The van der Waals surface area contributed by atoms with Crippen LogP contribution in [0, 0.1) is 0 Å². The number of carbonyl (C=O) groups excluding carboxylic acids is 2. The third kappa shape index (κ3) is 4.43. The number of hydrogen-bond donors (Lipinski definition) is 2. The van der Waals surface area contributed by atoms with Crippen molar-refractivity contribution in [3.8, 4) is 11.1 Å². The topological polar surface area (TPSA) is 105 Å². The van der Waals surface area contributed by atoms with E-state index in [0.29, 0.717) is 11.3 Å². The second kappa shape index (κ2) is 9.29. The average molecular weight is 428 g/mol. The third-order valence-corrected chi connectivity index (χ3v) is 5.48. The molecular weight excluding hydrogens is 408 g/mol. The summed E-state index contributed by atoms with van der Waals surface area (Å²) in [6.45, 7) is 0.102. The van der Waals surface area contributed by atoms with Gasteiger partial charge in [-0.3, -0.25) is 0 Å². The van der Waals surface area contributed by atoms with Crippen LogP contribution in [-0.4, -0.2) is 35.9 Å². The number of carboxylic acid groups (broad SMARTS) is 1. The maximum atomic E-state index is 12.4. The summed E-state index contributed by atoms with van der Waals surface area (Å²) in [5.41, 5.74) is 5.47. The lowest BCUT2D eigenvalue weighted by atomic mass is 9.98. The van der Waals surface area contributed by atoms with Gasteiger partial charge in [-0.15, -0.1) is 0 Å². The fourth-order valence-corrected chi connectivity index (χ4v) is 3.98. The number of isocyanates is 1. The first-order chi connectivity index (χ1) is 15.6. The second-order valence-electron chi connectivity index (χ2n) is 7.43. The molecule has 0 bridgehead atoms. The van der Waals surface area contributed by atoms with E-state index in [-0.39, 0.29) is 18.9 Å². The minimum atomic E-state index is -1.17. The Kier molecular flexibility index (Phi) is 6.10. The van der Waals surface area contributed by atoms with Crippen molar-refractivity contribution in [1.82, 2.24) is 5.32 Å². The summed E-state index contributed by atoms with van der Waals surface area (Å²) in [6, 6.07) is 21.2. The Balaban J connectivity index is 1.41. The Labute approximate surface area is 184 Å². The number of carboxylic acids is 1. The Morgan fingerprint density at radius 2 is 1.56 bits per heavy atom. The van der Waals surface area contributed by atoms with Gasteiger partial charge in [0, 0.05) is 12.3 Å². The van der Waals surface area contributed by atoms with Crippen molar-refractivity contribution in [1.29, 1.82) is 0 Å². The molecule has 1 amide bonds. The van der Waals surface area contributed by atoms with Crippen LogP contribution in [0.4, 0.5) is 10.5 Å². The molecule has 0 spiro atoms. The number of alkyl carbamates (subject to hydrolysis) is 1. The van der Waals surface area contributed by atoms with Crippen LogP contribution in [0.25, 0.3) is 11.1 Å². The monoisotopic (exact) mass is 428 g/mol. The van der Waals surface area contributed by atoms with Gasteiger partial charge in [0.05, 0.1) is 5.69 Å². The Morgan fingerprint density at radius 3 is 2.12 bits per heavy atom. The third-order valence-electron chi connectivity index (χ3n) is 5.48. The molecule has 0 saturated carbocycles. The van der Waals surface area contributed by atoms with Crippen molar-refractivity contribution >= 4 is 23.8 Å². The highest BCUT2D eigenvalue weighted by Gasteiger charge is 2.29. The first kappa shape index (κ1) is 21.0. The van der Waals surface area contributed by atoms with Crippen LogP contribution >= 0.6 is 0 Å². The summed E-state index contributed by atoms with van der Waals surface area (Å²) in [7, 11) is 0. The van der Waals surface area contributed by atoms with Crippen molar-refractivity contribution in [3.05, 3.63) is 89.5 Å². The number of aliphatic imine (C=N–C) groups is 1. The molecule has 1 unspecified atom stereocenters. The summed E-state index contributed by atoms with van der Waals surface area (Å²) in [6.07, 6.45) is 0.715. The molecule has 32 heavy (non-hydrogen) atoms. The predicted molar refractivity (Wildman–Crippen MR) is 118 cm³/mol. The molecule has 1 aliphatic carbocycles. The Morgan fingerprint density at radius 1 is 0.969 bits per heavy atom. The van der Waals surface area contributed by atoms with Gasteiger partial charge < -0.3 is 15.2 Å². The van der Waals surface area contributed by atoms with Crippen LogP contribution in [0.1, 0.15) is 22.6 Å². The van der Waals surface area contributed by atoms with Gasteiger partial charge in [-0.05, 0) is 39.9 Å². The van der Waals surface area contributed by atoms with Gasteiger partial charge in [-0.1, -0.05) is 60.7 Å². The molecule has 4 rings (SSSR count). The fourth-order valence-electron chi connectivity index (χ4n) is 3.98. The Bertz CT molecular complexity index is 1150. The SMILES string of the molecule is O=C=Nc1ccc(CC(NC(=O)OCC2c3ccccc3-c3ccccc32)C(=O)O)cc1. The van der Waals surface area contributed by atoms with Gasteiger partial charge in [0.25, 0.3) is 0 Å². The molecule has 0 radical (unpaired) electrons. The number of nitrogens with one attached hydrogen (secondary N) is 1. The number of nitrogens with zero attached hydrogens (tertiary/aromatic N) is 1. The van der Waals surface area contributed by atoms with E-state index in [0.717, 1.165) is 22.3 Å². The fraction of sp³-hybridized carbons (Fsp3) is 0.160. The number of benzene rings is 3. The van der Waals surface area contributed by atoms with Crippen LogP contribution in [0.3, 0.4) is 0 Å². The highest BCUT2D eigenvalue weighted by molar-refractivity contribution is 5.81. The largest absolute Gasteiger partial charge is 0.480 e. The summed E-state index contributed by atoms with van der Waals surface area (Å²) < 4.78 is 5.44. The van der Waals surface area contributed by atoms with Crippen molar-refractivity contribution in [2.75, 3.05) is 6.61 Å². The number of rotatable bonds is 7. The van der Waals surface area contributed by atoms with E-state index in [1.165, 1.54) is 6.08 Å². The lowest BCUT2D eigenvalue weighted by Gasteiger charge is -2.17. The quantitative estimate of drug-likeness (QED) is 0.434. The van der Waals surface area contributed by atoms with Gasteiger partial charge in [-0.25, -0.2) is 14.4 Å². The molecule has 0 aromatic heterocycles.